The fourth-order valence-electron chi connectivity index (χ4n) is 7.05. The lowest BCUT2D eigenvalue weighted by Gasteiger charge is -2.34. The summed E-state index contributed by atoms with van der Waals surface area (Å²) in [6.07, 6.45) is 0.146. The van der Waals surface area contributed by atoms with Crippen LogP contribution in [0, 0.1) is 17.8 Å². The molecule has 0 spiro atoms. The number of likely N-dealkylation sites (N-methyl/N-ethyl adjacent to an activating group) is 2. The highest BCUT2D eigenvalue weighted by molar-refractivity contribution is 5.96. The summed E-state index contributed by atoms with van der Waals surface area (Å²) in [5, 5.41) is 18.4. The van der Waals surface area contributed by atoms with Crippen molar-refractivity contribution in [1.82, 2.24) is 30.7 Å². The number of benzene rings is 1. The van der Waals surface area contributed by atoms with E-state index in [1.54, 1.807) is 6.92 Å². The number of esters is 1. The summed E-state index contributed by atoms with van der Waals surface area (Å²) in [4.78, 5) is 111. The van der Waals surface area contributed by atoms with Gasteiger partial charge in [0.25, 0.3) is 0 Å². The average Bonchev–Trinajstić information content (AvgIpc) is 3.69. The Kier molecular flexibility index (Phi) is 20.5. The summed E-state index contributed by atoms with van der Waals surface area (Å²) in [7, 11) is 4.06. The van der Waals surface area contributed by atoms with Gasteiger partial charge < -0.3 is 46.2 Å². The topological polar surface area (TPSA) is 238 Å². The number of carbonyl (C=O) groups excluding carboxylic acids is 8. The normalized spacial score (nSPS) is 16.9. The van der Waals surface area contributed by atoms with Gasteiger partial charge in [0.05, 0.1) is 13.7 Å². The summed E-state index contributed by atoms with van der Waals surface area (Å²) in [5.41, 5.74) is 6.21. The molecule has 1 saturated heterocycles. The van der Waals surface area contributed by atoms with Crippen LogP contribution in [-0.4, -0.2) is 138 Å². The van der Waals surface area contributed by atoms with Crippen LogP contribution in [0.1, 0.15) is 92.1 Å². The van der Waals surface area contributed by atoms with Gasteiger partial charge in [0, 0.05) is 33.5 Å². The van der Waals surface area contributed by atoms with E-state index in [1.165, 1.54) is 31.0 Å². The van der Waals surface area contributed by atoms with Gasteiger partial charge in [0.2, 0.25) is 41.4 Å². The number of nitrogens with zero attached hydrogens (tertiary/aromatic N) is 3. The molecule has 6 N–H and O–H groups in total. The number of primary amides is 1. The van der Waals surface area contributed by atoms with Crippen molar-refractivity contribution >= 4 is 47.3 Å². The van der Waals surface area contributed by atoms with Crippen LogP contribution in [0.15, 0.2) is 30.3 Å². The minimum Gasteiger partial charge on any atom is -0.467 e. The Labute approximate surface area is 348 Å². The monoisotopic (exact) mass is 829 g/mol. The number of carbonyl (C=O) groups is 8. The molecule has 1 aromatic carbocycles. The molecular weight excluding hydrogens is 763 g/mol. The highest BCUT2D eigenvalue weighted by atomic mass is 16.5. The third-order valence-corrected chi connectivity index (χ3v) is 10.7. The first-order valence-electron chi connectivity index (χ1n) is 20.5. The van der Waals surface area contributed by atoms with Gasteiger partial charge in [-0.3, -0.25) is 33.6 Å². The lowest BCUT2D eigenvalue weighted by atomic mass is 9.96. The molecule has 7 atom stereocenters. The number of hydrogen-bond acceptors (Lipinski definition) is 10. The third kappa shape index (κ3) is 15.2. The van der Waals surface area contributed by atoms with Crippen LogP contribution < -0.4 is 21.7 Å². The van der Waals surface area contributed by atoms with Gasteiger partial charge in [-0.25, -0.2) is 4.79 Å². The molecule has 330 valence electrons. The van der Waals surface area contributed by atoms with Crippen LogP contribution >= 0.6 is 0 Å². The smallest absolute Gasteiger partial charge is 0.328 e. The number of aliphatic hydroxyl groups excluding tert-OH is 1. The van der Waals surface area contributed by atoms with Gasteiger partial charge in [-0.2, -0.15) is 0 Å². The Morgan fingerprint density at radius 2 is 1.51 bits per heavy atom. The number of methoxy groups -OCH3 is 1. The van der Waals surface area contributed by atoms with E-state index in [1.807, 2.05) is 65.0 Å². The summed E-state index contributed by atoms with van der Waals surface area (Å²) in [6.45, 7) is 10.7. The van der Waals surface area contributed by atoms with Gasteiger partial charge in [-0.15, -0.1) is 0 Å². The van der Waals surface area contributed by atoms with Crippen molar-refractivity contribution < 1.29 is 48.2 Å². The van der Waals surface area contributed by atoms with E-state index in [4.69, 9.17) is 10.5 Å². The van der Waals surface area contributed by atoms with Gasteiger partial charge in [0.15, 0.2) is 0 Å². The van der Waals surface area contributed by atoms with E-state index in [0.717, 1.165) is 10.5 Å². The van der Waals surface area contributed by atoms with Gasteiger partial charge in [-0.05, 0) is 55.4 Å². The maximum atomic E-state index is 14.0. The molecular formula is C42H67N7O10. The Hall–Kier alpha value is -5.06. The Balaban J connectivity index is 2.31. The summed E-state index contributed by atoms with van der Waals surface area (Å²) in [6, 6.07) is 3.71. The largest absolute Gasteiger partial charge is 0.467 e. The van der Waals surface area contributed by atoms with E-state index in [2.05, 4.69) is 16.0 Å². The molecule has 1 heterocycles. The zero-order valence-electron chi connectivity index (χ0n) is 36.2. The van der Waals surface area contributed by atoms with Crippen molar-refractivity contribution in [1.29, 1.82) is 0 Å². The number of likely N-dealkylation sites (tertiary alicyclic amines) is 1. The maximum Gasteiger partial charge on any atom is 0.328 e. The standard InChI is InChI=1S/C42H67N7O10/c1-10-27(6)36(46-37(53)30(18-19-34(43)51)48(8)40(56)29(21-25(2)3)45-38(54)33(50)22-26(4)5)39(55)44-24-35(52)47(7)32(23-28-15-12-11-13-16-28)41(57)49-20-14-17-31(49)42(58)59-9/h11-13,15-16,25-27,29-33,36,50H,10,14,17-24H2,1-9H3,(H2,43,51)(H,44,55)(H,45,54)(H,46,53). The molecule has 0 radical (unpaired) electrons. The highest BCUT2D eigenvalue weighted by Gasteiger charge is 2.41. The van der Waals surface area contributed by atoms with Crippen LogP contribution in [0.2, 0.25) is 0 Å². The Morgan fingerprint density at radius 1 is 0.881 bits per heavy atom. The zero-order chi connectivity index (χ0) is 44.6. The molecule has 0 aliphatic carbocycles. The van der Waals surface area contributed by atoms with Crippen LogP contribution in [0.4, 0.5) is 0 Å². The molecule has 59 heavy (non-hydrogen) atoms. The number of rotatable bonds is 23. The van der Waals surface area contributed by atoms with E-state index >= 15 is 0 Å². The predicted octanol–water partition coefficient (Wildman–Crippen LogP) is 0.898. The van der Waals surface area contributed by atoms with E-state index in [9.17, 15) is 43.5 Å². The van der Waals surface area contributed by atoms with Crippen molar-refractivity contribution in [3.8, 4) is 0 Å². The molecule has 0 bridgehead atoms. The quantitative estimate of drug-likeness (QED) is 0.0978. The van der Waals surface area contributed by atoms with Crippen molar-refractivity contribution in [2.75, 3.05) is 34.3 Å². The van der Waals surface area contributed by atoms with E-state index in [0.29, 0.717) is 25.8 Å². The Morgan fingerprint density at radius 3 is 2.07 bits per heavy atom. The van der Waals surface area contributed by atoms with Crippen molar-refractivity contribution in [2.24, 2.45) is 23.5 Å². The maximum absolute atomic E-state index is 14.0. The SMILES string of the molecule is CCC(C)C(NC(=O)C(CCC(N)=O)N(C)C(=O)C(CC(C)C)NC(=O)C(O)CC(C)C)C(=O)NCC(=O)N(C)C(Cc1ccccc1)C(=O)N1CCCC1C(=O)OC. The minimum atomic E-state index is -1.35. The predicted molar refractivity (Wildman–Crippen MR) is 220 cm³/mol. The van der Waals surface area contributed by atoms with E-state index in [-0.39, 0.29) is 43.9 Å². The number of hydrogen-bond donors (Lipinski definition) is 5. The van der Waals surface area contributed by atoms with Gasteiger partial charge in [-0.1, -0.05) is 78.3 Å². The number of nitrogens with two attached hydrogens (primary N) is 1. The molecule has 1 aliphatic rings. The molecule has 17 nitrogen and oxygen atoms in total. The molecule has 0 aromatic heterocycles. The minimum absolute atomic E-state index is 0.0113. The fourth-order valence-corrected chi connectivity index (χ4v) is 7.05. The zero-order valence-corrected chi connectivity index (χ0v) is 36.2. The van der Waals surface area contributed by atoms with Crippen molar-refractivity contribution in [3.63, 3.8) is 0 Å². The van der Waals surface area contributed by atoms with Crippen LogP contribution in [-0.2, 0) is 49.5 Å². The first-order valence-corrected chi connectivity index (χ1v) is 20.5. The summed E-state index contributed by atoms with van der Waals surface area (Å²) < 4.78 is 4.93. The van der Waals surface area contributed by atoms with Crippen molar-refractivity contribution in [2.45, 2.75) is 129 Å². The second-order valence-electron chi connectivity index (χ2n) is 16.3. The summed E-state index contributed by atoms with van der Waals surface area (Å²) >= 11 is 0. The first-order chi connectivity index (χ1) is 27.7. The number of amides is 7. The van der Waals surface area contributed by atoms with Gasteiger partial charge in [0.1, 0.15) is 36.3 Å². The van der Waals surface area contributed by atoms with Gasteiger partial charge >= 0.3 is 5.97 Å². The molecule has 7 unspecified atom stereocenters. The second kappa shape index (κ2) is 24.1. The average molecular weight is 830 g/mol. The molecule has 2 rings (SSSR count). The Bertz CT molecular complexity index is 1610. The molecule has 1 aliphatic heterocycles. The molecule has 0 saturated carbocycles. The molecule has 1 fully saturated rings. The highest BCUT2D eigenvalue weighted by Crippen LogP contribution is 2.22. The second-order valence-corrected chi connectivity index (χ2v) is 16.3. The molecule has 7 amide bonds. The molecule has 1 aromatic rings. The number of aliphatic hydroxyl groups is 1. The lowest BCUT2D eigenvalue weighted by molar-refractivity contribution is -0.154. The first kappa shape index (κ1) is 50.1. The lowest BCUT2D eigenvalue weighted by Crippen LogP contribution is -2.59. The number of nitrogens with one attached hydrogen (secondary N) is 3. The van der Waals surface area contributed by atoms with Crippen molar-refractivity contribution in [3.05, 3.63) is 35.9 Å². The van der Waals surface area contributed by atoms with E-state index < -0.39 is 96.1 Å². The summed E-state index contributed by atoms with van der Waals surface area (Å²) in [5.74, 6) is -5.64. The van der Waals surface area contributed by atoms with Crippen LogP contribution in [0.5, 0.6) is 0 Å². The van der Waals surface area contributed by atoms with Crippen LogP contribution in [0.25, 0.3) is 0 Å². The van der Waals surface area contributed by atoms with Crippen LogP contribution in [0.3, 0.4) is 0 Å². The molecule has 17 heteroatoms. The fraction of sp³-hybridized carbons (Fsp3) is 0.667. The third-order valence-electron chi connectivity index (χ3n) is 10.7. The number of ether oxygens (including phenoxy) is 1.